The second-order valence-electron chi connectivity index (χ2n) is 6.61. The van der Waals surface area contributed by atoms with Crippen LogP contribution in [-0.4, -0.2) is 19.5 Å². The van der Waals surface area contributed by atoms with Crippen molar-refractivity contribution in [1.82, 2.24) is 14.3 Å². The van der Waals surface area contributed by atoms with E-state index < -0.39 is 5.82 Å². The van der Waals surface area contributed by atoms with Gasteiger partial charge in [0.2, 0.25) is 5.88 Å². The molecule has 0 radical (unpaired) electrons. The highest BCUT2D eigenvalue weighted by molar-refractivity contribution is 5.75. The van der Waals surface area contributed by atoms with Crippen LogP contribution in [0.3, 0.4) is 0 Å². The van der Waals surface area contributed by atoms with Gasteiger partial charge in [0, 0.05) is 12.6 Å². The Kier molecular flexibility index (Phi) is 5.36. The van der Waals surface area contributed by atoms with Crippen LogP contribution in [0.15, 0.2) is 35.3 Å². The molecule has 144 valence electrons. The van der Waals surface area contributed by atoms with Crippen LogP contribution in [0.5, 0.6) is 5.88 Å². The second kappa shape index (κ2) is 7.73. The molecule has 0 unspecified atom stereocenters. The second-order valence-corrected chi connectivity index (χ2v) is 6.61. The number of rotatable bonds is 4. The first-order chi connectivity index (χ1) is 13.4. The molecule has 0 amide bonds. The Hall–Kier alpha value is -3.33. The van der Waals surface area contributed by atoms with Crippen molar-refractivity contribution in [2.24, 2.45) is 7.05 Å². The van der Waals surface area contributed by atoms with Crippen LogP contribution < -0.4 is 5.56 Å². The number of benzene rings is 1. The van der Waals surface area contributed by atoms with E-state index in [0.29, 0.717) is 12.1 Å². The summed E-state index contributed by atoms with van der Waals surface area (Å²) < 4.78 is 15.9. The van der Waals surface area contributed by atoms with Crippen LogP contribution in [0, 0.1) is 24.6 Å². The molecule has 3 rings (SSSR count). The standard InChI is InChI=1S/C22H22FN3O2/c1-5-7-15-10-14(3)19(16(6-2)11-15)20-21(27)25(4)26(22(20)28)13-18-9-8-17(23)12-24-18/h8-12,27H,6,13H2,1-4H3. The Bertz CT molecular complexity index is 1150. The first kappa shape index (κ1) is 19.4. The van der Waals surface area contributed by atoms with Crippen LogP contribution in [-0.2, 0) is 20.0 Å². The third-order valence-corrected chi connectivity index (χ3v) is 4.76. The Morgan fingerprint density at radius 3 is 2.61 bits per heavy atom. The minimum Gasteiger partial charge on any atom is -0.493 e. The fraction of sp³-hybridized carbons (Fsp3) is 0.273. The van der Waals surface area contributed by atoms with E-state index in [4.69, 9.17) is 0 Å². The molecule has 0 aliphatic heterocycles. The highest BCUT2D eigenvalue weighted by Crippen LogP contribution is 2.33. The Balaban J connectivity index is 2.17. The van der Waals surface area contributed by atoms with Crippen molar-refractivity contribution in [1.29, 1.82) is 0 Å². The van der Waals surface area contributed by atoms with Gasteiger partial charge in [-0.3, -0.25) is 14.5 Å². The summed E-state index contributed by atoms with van der Waals surface area (Å²) in [6.07, 6.45) is 1.81. The lowest BCUT2D eigenvalue weighted by Crippen LogP contribution is -2.23. The predicted molar refractivity (Wildman–Crippen MR) is 107 cm³/mol. The maximum Gasteiger partial charge on any atom is 0.278 e. The number of hydrogen-bond donors (Lipinski definition) is 1. The van der Waals surface area contributed by atoms with Gasteiger partial charge in [0.1, 0.15) is 11.4 Å². The van der Waals surface area contributed by atoms with E-state index in [1.807, 2.05) is 26.0 Å². The lowest BCUT2D eigenvalue weighted by Gasteiger charge is -2.11. The fourth-order valence-corrected chi connectivity index (χ4v) is 3.40. The molecule has 0 bridgehead atoms. The van der Waals surface area contributed by atoms with Gasteiger partial charge in [0.25, 0.3) is 5.56 Å². The number of aromatic nitrogens is 3. The van der Waals surface area contributed by atoms with Crippen molar-refractivity contribution in [2.45, 2.75) is 33.7 Å². The molecular weight excluding hydrogens is 357 g/mol. The Labute approximate surface area is 163 Å². The van der Waals surface area contributed by atoms with Gasteiger partial charge in [-0.2, -0.15) is 0 Å². The van der Waals surface area contributed by atoms with E-state index in [0.717, 1.165) is 28.5 Å². The first-order valence-corrected chi connectivity index (χ1v) is 9.03. The molecule has 0 saturated heterocycles. The highest BCUT2D eigenvalue weighted by atomic mass is 19.1. The summed E-state index contributed by atoms with van der Waals surface area (Å²) in [5, 5.41) is 10.7. The molecule has 0 aliphatic carbocycles. The van der Waals surface area contributed by atoms with Crippen LogP contribution in [0.1, 0.15) is 36.2 Å². The molecular formula is C22H22FN3O2. The molecule has 1 aromatic carbocycles. The van der Waals surface area contributed by atoms with Gasteiger partial charge in [0.05, 0.1) is 18.4 Å². The van der Waals surface area contributed by atoms with Gasteiger partial charge in [-0.05, 0) is 61.2 Å². The molecule has 1 N–H and O–H groups in total. The number of aromatic hydroxyl groups is 1. The molecule has 0 saturated carbocycles. The smallest absolute Gasteiger partial charge is 0.278 e. The molecule has 0 atom stereocenters. The van der Waals surface area contributed by atoms with Crippen LogP contribution in [0.4, 0.5) is 4.39 Å². The minimum atomic E-state index is -0.440. The normalized spacial score (nSPS) is 10.6. The zero-order valence-corrected chi connectivity index (χ0v) is 16.4. The van der Waals surface area contributed by atoms with Crippen molar-refractivity contribution in [2.75, 3.05) is 0 Å². The summed E-state index contributed by atoms with van der Waals surface area (Å²) in [7, 11) is 1.61. The average Bonchev–Trinajstić information content (AvgIpc) is 2.87. The molecule has 0 aliphatic rings. The van der Waals surface area contributed by atoms with Gasteiger partial charge in [-0.1, -0.05) is 12.8 Å². The fourth-order valence-electron chi connectivity index (χ4n) is 3.40. The lowest BCUT2D eigenvalue weighted by molar-refractivity contribution is 0.389. The van der Waals surface area contributed by atoms with Crippen LogP contribution in [0.2, 0.25) is 0 Å². The SMILES string of the molecule is CC#Cc1cc(C)c(-c2c(O)n(C)n(Cc3ccc(F)cn3)c2=O)c(CC)c1. The van der Waals surface area contributed by atoms with Gasteiger partial charge in [0.15, 0.2) is 0 Å². The van der Waals surface area contributed by atoms with Crippen molar-refractivity contribution >= 4 is 0 Å². The number of aryl methyl sites for hydroxylation is 2. The Morgan fingerprint density at radius 2 is 2.00 bits per heavy atom. The van der Waals surface area contributed by atoms with Crippen LogP contribution >= 0.6 is 0 Å². The third-order valence-electron chi connectivity index (χ3n) is 4.76. The van der Waals surface area contributed by atoms with Crippen molar-refractivity contribution in [3.63, 3.8) is 0 Å². The summed E-state index contributed by atoms with van der Waals surface area (Å²) in [6, 6.07) is 6.69. The predicted octanol–water partition coefficient (Wildman–Crippen LogP) is 3.38. The van der Waals surface area contributed by atoms with Crippen molar-refractivity contribution in [3.8, 4) is 28.8 Å². The third kappa shape index (κ3) is 3.44. The maximum atomic E-state index is 13.2. The Morgan fingerprint density at radius 1 is 1.25 bits per heavy atom. The maximum absolute atomic E-state index is 13.2. The first-order valence-electron chi connectivity index (χ1n) is 9.03. The minimum absolute atomic E-state index is 0.112. The monoisotopic (exact) mass is 379 g/mol. The van der Waals surface area contributed by atoms with E-state index in [1.165, 1.54) is 21.5 Å². The number of nitrogens with zero attached hydrogens (tertiary/aromatic N) is 3. The molecule has 2 heterocycles. The molecule has 0 spiro atoms. The van der Waals surface area contributed by atoms with E-state index in [-0.39, 0.29) is 23.5 Å². The number of hydrogen-bond acceptors (Lipinski definition) is 3. The zero-order valence-electron chi connectivity index (χ0n) is 16.4. The van der Waals surface area contributed by atoms with E-state index in [9.17, 15) is 14.3 Å². The molecule has 28 heavy (non-hydrogen) atoms. The largest absolute Gasteiger partial charge is 0.493 e. The average molecular weight is 379 g/mol. The molecule has 0 fully saturated rings. The summed E-state index contributed by atoms with van der Waals surface area (Å²) in [5.74, 6) is 5.38. The van der Waals surface area contributed by atoms with E-state index in [2.05, 4.69) is 16.8 Å². The number of halogens is 1. The lowest BCUT2D eigenvalue weighted by atomic mass is 9.93. The van der Waals surface area contributed by atoms with Gasteiger partial charge < -0.3 is 5.11 Å². The van der Waals surface area contributed by atoms with Gasteiger partial charge in [-0.15, -0.1) is 5.92 Å². The highest BCUT2D eigenvalue weighted by Gasteiger charge is 2.23. The van der Waals surface area contributed by atoms with Gasteiger partial charge >= 0.3 is 0 Å². The van der Waals surface area contributed by atoms with Crippen molar-refractivity contribution < 1.29 is 9.50 Å². The topological polar surface area (TPSA) is 60.1 Å². The quantitative estimate of drug-likeness (QED) is 0.707. The summed E-state index contributed by atoms with van der Waals surface area (Å²) in [6.45, 7) is 5.82. The summed E-state index contributed by atoms with van der Waals surface area (Å²) >= 11 is 0. The summed E-state index contributed by atoms with van der Waals surface area (Å²) in [4.78, 5) is 17.2. The van der Waals surface area contributed by atoms with E-state index >= 15 is 0 Å². The van der Waals surface area contributed by atoms with Crippen LogP contribution in [0.25, 0.3) is 11.1 Å². The van der Waals surface area contributed by atoms with E-state index in [1.54, 1.807) is 14.0 Å². The van der Waals surface area contributed by atoms with Crippen molar-refractivity contribution in [3.05, 3.63) is 69.0 Å². The molecule has 6 heteroatoms. The van der Waals surface area contributed by atoms with Gasteiger partial charge in [-0.25, -0.2) is 9.07 Å². The molecule has 2 aromatic heterocycles. The number of pyridine rings is 1. The molecule has 5 nitrogen and oxygen atoms in total. The molecule has 3 aromatic rings. The summed E-state index contributed by atoms with van der Waals surface area (Å²) in [5.41, 5.74) is 3.90. The zero-order chi connectivity index (χ0) is 20.4.